The van der Waals surface area contributed by atoms with Crippen molar-refractivity contribution in [3.63, 3.8) is 0 Å². The van der Waals surface area contributed by atoms with Crippen molar-refractivity contribution in [2.45, 2.75) is 164 Å². The molecule has 0 rings (SSSR count). The Kier molecular flexibility index (Phi) is 23.2. The Morgan fingerprint density at radius 3 is 0.848 bits per heavy atom. The zero-order valence-corrected chi connectivity index (χ0v) is 25.8. The molecule has 0 radical (unpaired) electrons. The number of rotatable bonds is 25. The molecule has 0 aliphatic carbocycles. The topological polar surface area (TPSA) is 0 Å². The molecule has 202 valence electrons. The first-order chi connectivity index (χ1) is 15.8. The minimum atomic E-state index is -1.10. The Morgan fingerprint density at radius 2 is 0.606 bits per heavy atom. The van der Waals surface area contributed by atoms with Crippen molar-refractivity contribution in [3.8, 4) is 0 Å². The van der Waals surface area contributed by atoms with E-state index in [1.54, 1.807) is 24.6 Å². The van der Waals surface area contributed by atoms with Crippen LogP contribution in [0.2, 0.25) is 0 Å². The van der Waals surface area contributed by atoms with Gasteiger partial charge in [0.1, 0.15) is 0 Å². The molecule has 0 amide bonds. The summed E-state index contributed by atoms with van der Waals surface area (Å²) in [6, 6.07) is 0. The van der Waals surface area contributed by atoms with E-state index in [2.05, 4.69) is 48.5 Å². The molecule has 0 aromatic rings. The summed E-state index contributed by atoms with van der Waals surface area (Å²) in [4.78, 5) is 0. The summed E-state index contributed by atoms with van der Waals surface area (Å²) >= 11 is 0. The first kappa shape index (κ1) is 33.4. The summed E-state index contributed by atoms with van der Waals surface area (Å²) in [5.41, 5.74) is 0. The molecule has 0 heterocycles. The minimum absolute atomic E-state index is 0.893. The molecule has 0 atom stereocenters. The van der Waals surface area contributed by atoms with Gasteiger partial charge in [-0.25, -0.2) is 0 Å². The van der Waals surface area contributed by atoms with E-state index in [1.807, 2.05) is 0 Å². The van der Waals surface area contributed by atoms with Crippen LogP contribution in [0.15, 0.2) is 0 Å². The van der Waals surface area contributed by atoms with E-state index < -0.39 is 7.26 Å². The van der Waals surface area contributed by atoms with Gasteiger partial charge in [0.25, 0.3) is 0 Å². The molecule has 0 aromatic carbocycles. The number of unbranched alkanes of at least 4 members (excludes halogenated alkanes) is 17. The van der Waals surface area contributed by atoms with Crippen LogP contribution >= 0.6 is 7.26 Å². The summed E-state index contributed by atoms with van der Waals surface area (Å²) in [7, 11) is -1.10. The Morgan fingerprint density at radius 1 is 0.364 bits per heavy atom. The SMILES string of the molecule is CCCCCCCCCCCCCCCCCCCC[PH](CC(C)C)(CC(C)C)CC(C)C. The van der Waals surface area contributed by atoms with Crippen LogP contribution in [0.3, 0.4) is 0 Å². The average Bonchev–Trinajstić information content (AvgIpc) is 2.71. The normalized spacial score (nSPS) is 13.0. The Labute approximate surface area is 213 Å². The van der Waals surface area contributed by atoms with Gasteiger partial charge in [0, 0.05) is 0 Å². The summed E-state index contributed by atoms with van der Waals surface area (Å²) in [6.45, 7) is 17.1. The molecule has 0 saturated heterocycles. The van der Waals surface area contributed by atoms with Crippen molar-refractivity contribution < 1.29 is 0 Å². The molecule has 0 aliphatic rings. The van der Waals surface area contributed by atoms with Crippen molar-refractivity contribution in [2.24, 2.45) is 17.8 Å². The molecule has 0 nitrogen and oxygen atoms in total. The second-order valence-corrected chi connectivity index (χ2v) is 17.8. The fourth-order valence-corrected chi connectivity index (χ4v) is 13.9. The molecule has 0 saturated carbocycles. The van der Waals surface area contributed by atoms with Crippen LogP contribution < -0.4 is 0 Å². The van der Waals surface area contributed by atoms with Gasteiger partial charge in [0.15, 0.2) is 0 Å². The molecular formula is C32H69P. The standard InChI is InChI=1S/C32H69P/c1-8-9-10-11-12-13-14-15-16-17-18-19-20-21-22-23-24-25-26-33(27-30(2)3,28-31(4)5)29-32(6)7/h30-33H,8-29H2,1-7H3. The predicted molar refractivity (Wildman–Crippen MR) is 161 cm³/mol. The first-order valence-electron chi connectivity index (χ1n) is 15.8. The van der Waals surface area contributed by atoms with Crippen molar-refractivity contribution >= 4 is 7.26 Å². The fraction of sp³-hybridized carbons (Fsp3) is 1.00. The van der Waals surface area contributed by atoms with Crippen LogP contribution in [0.5, 0.6) is 0 Å². The number of hydrogen-bond donors (Lipinski definition) is 0. The molecule has 0 spiro atoms. The predicted octanol–water partition coefficient (Wildman–Crippen LogP) is 11.7. The van der Waals surface area contributed by atoms with Gasteiger partial charge in [-0.1, -0.05) is 51.9 Å². The van der Waals surface area contributed by atoms with Gasteiger partial charge in [-0.05, 0) is 0 Å². The summed E-state index contributed by atoms with van der Waals surface area (Å²) in [5, 5.41) is 0. The third-order valence-corrected chi connectivity index (χ3v) is 14.0. The van der Waals surface area contributed by atoms with Crippen LogP contribution in [-0.2, 0) is 0 Å². The Hall–Kier alpha value is 0.430. The van der Waals surface area contributed by atoms with Gasteiger partial charge in [-0.3, -0.25) is 0 Å². The van der Waals surface area contributed by atoms with E-state index in [0.29, 0.717) is 0 Å². The van der Waals surface area contributed by atoms with Crippen molar-refractivity contribution in [3.05, 3.63) is 0 Å². The zero-order valence-electron chi connectivity index (χ0n) is 24.8. The Bertz CT molecular complexity index is 357. The van der Waals surface area contributed by atoms with E-state index in [-0.39, 0.29) is 0 Å². The van der Waals surface area contributed by atoms with Gasteiger partial charge in [-0.2, -0.15) is 0 Å². The third kappa shape index (κ3) is 22.6. The van der Waals surface area contributed by atoms with Crippen molar-refractivity contribution in [1.29, 1.82) is 0 Å². The van der Waals surface area contributed by atoms with Crippen LogP contribution in [0.4, 0.5) is 0 Å². The second kappa shape index (κ2) is 22.9. The van der Waals surface area contributed by atoms with Gasteiger partial charge < -0.3 is 0 Å². The monoisotopic (exact) mass is 485 g/mol. The molecular weight excluding hydrogens is 415 g/mol. The van der Waals surface area contributed by atoms with Gasteiger partial charge in [0.05, 0.1) is 0 Å². The van der Waals surface area contributed by atoms with E-state index in [4.69, 9.17) is 0 Å². The van der Waals surface area contributed by atoms with E-state index in [0.717, 1.165) is 17.8 Å². The zero-order chi connectivity index (χ0) is 24.8. The van der Waals surface area contributed by atoms with E-state index in [1.165, 1.54) is 116 Å². The van der Waals surface area contributed by atoms with Gasteiger partial charge in [0.2, 0.25) is 0 Å². The maximum absolute atomic E-state index is 2.47. The van der Waals surface area contributed by atoms with Gasteiger partial charge in [-0.15, -0.1) is 0 Å². The van der Waals surface area contributed by atoms with E-state index in [9.17, 15) is 0 Å². The molecule has 0 bridgehead atoms. The summed E-state index contributed by atoms with van der Waals surface area (Å²) in [5.74, 6) is 2.68. The van der Waals surface area contributed by atoms with Crippen molar-refractivity contribution in [2.75, 3.05) is 24.6 Å². The molecule has 0 aliphatic heterocycles. The maximum atomic E-state index is 2.47. The molecule has 0 unspecified atom stereocenters. The molecule has 0 aromatic heterocycles. The van der Waals surface area contributed by atoms with Crippen LogP contribution in [0.25, 0.3) is 0 Å². The summed E-state index contributed by atoms with van der Waals surface area (Å²) < 4.78 is 0. The molecule has 0 N–H and O–H groups in total. The van der Waals surface area contributed by atoms with Crippen LogP contribution in [0, 0.1) is 17.8 Å². The molecule has 0 fully saturated rings. The first-order valence-corrected chi connectivity index (χ1v) is 18.6. The Balaban J connectivity index is 3.70. The van der Waals surface area contributed by atoms with Gasteiger partial charge >= 0.3 is 162 Å². The quantitative estimate of drug-likeness (QED) is 0.0892. The van der Waals surface area contributed by atoms with Crippen LogP contribution in [-0.4, -0.2) is 24.6 Å². The summed E-state index contributed by atoms with van der Waals surface area (Å²) in [6.07, 6.45) is 33.0. The molecule has 33 heavy (non-hydrogen) atoms. The fourth-order valence-electron chi connectivity index (χ4n) is 6.56. The third-order valence-electron chi connectivity index (χ3n) is 7.58. The second-order valence-electron chi connectivity index (χ2n) is 13.1. The van der Waals surface area contributed by atoms with E-state index >= 15 is 0 Å². The van der Waals surface area contributed by atoms with Crippen molar-refractivity contribution in [1.82, 2.24) is 0 Å². The average molecular weight is 485 g/mol. The van der Waals surface area contributed by atoms with Crippen LogP contribution in [0.1, 0.15) is 164 Å². The number of hydrogen-bond acceptors (Lipinski definition) is 0. The molecule has 1 heteroatoms.